The third kappa shape index (κ3) is 4.63. The largest absolute Gasteiger partial charge is 0.493 e. The molecule has 1 aromatic heterocycles. The van der Waals surface area contributed by atoms with Crippen molar-refractivity contribution < 1.29 is 27.4 Å². The fourth-order valence-corrected chi connectivity index (χ4v) is 4.06. The van der Waals surface area contributed by atoms with Gasteiger partial charge in [-0.3, -0.25) is 4.79 Å². The van der Waals surface area contributed by atoms with Crippen LogP contribution in [0.2, 0.25) is 5.02 Å². The summed E-state index contributed by atoms with van der Waals surface area (Å²) in [5, 5.41) is 10.1. The second-order valence-electron chi connectivity index (χ2n) is 7.88. The molecule has 0 aliphatic carbocycles. The number of benzene rings is 2. The van der Waals surface area contributed by atoms with E-state index >= 15 is 0 Å². The molecule has 4 rings (SSSR count). The van der Waals surface area contributed by atoms with Gasteiger partial charge in [0.25, 0.3) is 5.91 Å². The summed E-state index contributed by atoms with van der Waals surface area (Å²) in [6.07, 6.45) is -4.89. The number of carbonyl (C=O) groups is 1. The topological polar surface area (TPSA) is 77.4 Å². The highest BCUT2D eigenvalue weighted by atomic mass is 35.5. The lowest BCUT2D eigenvalue weighted by molar-refractivity contribution is -0.173. The number of nitrogens with one attached hydrogen (secondary N) is 2. The lowest BCUT2D eigenvalue weighted by atomic mass is 9.96. The minimum absolute atomic E-state index is 0.0846. The van der Waals surface area contributed by atoms with E-state index in [0.717, 1.165) is 10.2 Å². The monoisotopic (exact) mass is 494 g/mol. The number of alkyl halides is 3. The van der Waals surface area contributed by atoms with Gasteiger partial charge in [0.05, 0.1) is 20.3 Å². The molecule has 2 heterocycles. The molecule has 11 heteroatoms. The summed E-state index contributed by atoms with van der Waals surface area (Å²) in [5.74, 6) is 0.315. The number of rotatable bonds is 5. The number of aromatic nitrogens is 2. The number of amides is 1. The predicted octanol–water partition coefficient (Wildman–Crippen LogP) is 5.77. The zero-order valence-electron chi connectivity index (χ0n) is 18.5. The van der Waals surface area contributed by atoms with Gasteiger partial charge >= 0.3 is 6.18 Å². The Labute approximate surface area is 198 Å². The molecule has 0 spiro atoms. The molecule has 0 saturated heterocycles. The van der Waals surface area contributed by atoms with E-state index in [1.165, 1.54) is 20.3 Å². The van der Waals surface area contributed by atoms with Gasteiger partial charge in [0.1, 0.15) is 5.82 Å². The quantitative estimate of drug-likeness (QED) is 0.470. The van der Waals surface area contributed by atoms with Crippen molar-refractivity contribution in [1.82, 2.24) is 9.78 Å². The second-order valence-corrected chi connectivity index (χ2v) is 8.31. The number of methoxy groups -OCH3 is 2. The van der Waals surface area contributed by atoms with Gasteiger partial charge in [-0.2, -0.15) is 18.3 Å². The molecule has 0 fully saturated rings. The molecule has 0 unspecified atom stereocenters. The first-order valence-corrected chi connectivity index (χ1v) is 10.7. The van der Waals surface area contributed by atoms with Crippen LogP contribution in [0.1, 0.15) is 40.1 Å². The summed E-state index contributed by atoms with van der Waals surface area (Å²) in [7, 11) is 2.93. The smallest absolute Gasteiger partial charge is 0.410 e. The van der Waals surface area contributed by atoms with Gasteiger partial charge in [0.2, 0.25) is 0 Å². The Morgan fingerprint density at radius 3 is 2.56 bits per heavy atom. The summed E-state index contributed by atoms with van der Waals surface area (Å²) < 4.78 is 53.3. The minimum atomic E-state index is -4.57. The van der Waals surface area contributed by atoms with E-state index in [1.54, 1.807) is 43.3 Å². The first-order valence-electron chi connectivity index (χ1n) is 10.3. The Morgan fingerprint density at radius 2 is 1.88 bits per heavy atom. The summed E-state index contributed by atoms with van der Waals surface area (Å²) in [5.41, 5.74) is 1.64. The molecule has 3 aromatic rings. The van der Waals surface area contributed by atoms with Crippen LogP contribution in [-0.4, -0.2) is 36.1 Å². The lowest BCUT2D eigenvalue weighted by Crippen LogP contribution is -2.35. The van der Waals surface area contributed by atoms with Crippen LogP contribution in [0.5, 0.6) is 11.5 Å². The molecule has 0 radical (unpaired) electrons. The van der Waals surface area contributed by atoms with E-state index in [-0.39, 0.29) is 17.9 Å². The zero-order valence-corrected chi connectivity index (χ0v) is 19.3. The van der Waals surface area contributed by atoms with Crippen molar-refractivity contribution in [3.63, 3.8) is 0 Å². The zero-order chi connectivity index (χ0) is 24.6. The van der Waals surface area contributed by atoms with Crippen molar-refractivity contribution in [2.24, 2.45) is 0 Å². The third-order valence-corrected chi connectivity index (χ3v) is 5.92. The first-order chi connectivity index (χ1) is 16.1. The Morgan fingerprint density at radius 1 is 1.15 bits per heavy atom. The van der Waals surface area contributed by atoms with Crippen LogP contribution >= 0.6 is 11.6 Å². The van der Waals surface area contributed by atoms with E-state index in [2.05, 4.69) is 15.7 Å². The number of hydrogen-bond acceptors (Lipinski definition) is 5. The molecular formula is C23H22ClF3N4O3. The average molecular weight is 495 g/mol. The predicted molar refractivity (Wildman–Crippen MR) is 122 cm³/mol. The molecule has 0 saturated carbocycles. The Balaban J connectivity index is 1.66. The van der Waals surface area contributed by atoms with Gasteiger partial charge in [0.15, 0.2) is 23.2 Å². The fourth-order valence-electron chi connectivity index (χ4n) is 3.89. The molecule has 2 N–H and O–H groups in total. The molecule has 2 atom stereocenters. The lowest BCUT2D eigenvalue weighted by Gasteiger charge is -2.33. The standard InChI is InChI=1S/C23H22ClF3N4O3/c1-12-4-6-14(24)9-15(12)29-22(32)17-11-21-28-16(10-20(23(25,26)27)31(21)30-17)13-5-7-18(33-2)19(8-13)34-3/h4-9,11,16,20,28H,10H2,1-3H3,(H,29,32)/t16-,20-/m0/s1. The Bertz CT molecular complexity index is 1230. The summed E-state index contributed by atoms with van der Waals surface area (Å²) in [4.78, 5) is 12.8. The van der Waals surface area contributed by atoms with Crippen LogP contribution in [-0.2, 0) is 0 Å². The molecule has 7 nitrogen and oxygen atoms in total. The van der Waals surface area contributed by atoms with Crippen molar-refractivity contribution in [1.29, 1.82) is 0 Å². The maximum absolute atomic E-state index is 14.0. The Kier molecular flexibility index (Phi) is 6.35. The van der Waals surface area contributed by atoms with Crippen LogP contribution < -0.4 is 20.1 Å². The fraction of sp³-hybridized carbons (Fsp3) is 0.304. The van der Waals surface area contributed by atoms with E-state index in [1.807, 2.05) is 0 Å². The van der Waals surface area contributed by atoms with Crippen LogP contribution in [0.4, 0.5) is 24.7 Å². The van der Waals surface area contributed by atoms with Gasteiger partial charge in [-0.05, 0) is 42.3 Å². The van der Waals surface area contributed by atoms with Gasteiger partial charge in [-0.25, -0.2) is 4.68 Å². The highest BCUT2D eigenvalue weighted by Gasteiger charge is 2.47. The molecule has 34 heavy (non-hydrogen) atoms. The molecule has 2 aromatic carbocycles. The maximum atomic E-state index is 14.0. The Hall–Kier alpha value is -3.40. The number of carbonyl (C=O) groups excluding carboxylic acids is 1. The van der Waals surface area contributed by atoms with Crippen molar-refractivity contribution >= 4 is 29.0 Å². The normalized spacial score (nSPS) is 17.5. The number of halogens is 4. The van der Waals surface area contributed by atoms with E-state index in [9.17, 15) is 18.0 Å². The summed E-state index contributed by atoms with van der Waals surface area (Å²) in [6, 6.07) is 8.60. The van der Waals surface area contributed by atoms with Crippen LogP contribution in [0.3, 0.4) is 0 Å². The summed E-state index contributed by atoms with van der Waals surface area (Å²) in [6.45, 7) is 1.78. The molecule has 180 valence electrons. The average Bonchev–Trinajstić information content (AvgIpc) is 3.24. The molecule has 1 amide bonds. The number of hydrogen-bond donors (Lipinski definition) is 2. The van der Waals surface area contributed by atoms with Crippen LogP contribution in [0.15, 0.2) is 42.5 Å². The van der Waals surface area contributed by atoms with Gasteiger partial charge < -0.3 is 20.1 Å². The highest BCUT2D eigenvalue weighted by molar-refractivity contribution is 6.31. The molecule has 1 aliphatic heterocycles. The third-order valence-electron chi connectivity index (χ3n) is 5.68. The molecular weight excluding hydrogens is 473 g/mol. The maximum Gasteiger partial charge on any atom is 0.410 e. The first kappa shape index (κ1) is 23.7. The van der Waals surface area contributed by atoms with Crippen molar-refractivity contribution in [3.8, 4) is 11.5 Å². The number of fused-ring (bicyclic) bond motifs is 1. The number of ether oxygens (including phenoxy) is 2. The van der Waals surface area contributed by atoms with Crippen LogP contribution in [0.25, 0.3) is 0 Å². The van der Waals surface area contributed by atoms with E-state index in [0.29, 0.717) is 27.8 Å². The minimum Gasteiger partial charge on any atom is -0.493 e. The summed E-state index contributed by atoms with van der Waals surface area (Å²) >= 11 is 5.99. The molecule has 0 bridgehead atoms. The van der Waals surface area contributed by atoms with E-state index in [4.69, 9.17) is 21.1 Å². The second kappa shape index (κ2) is 9.09. The SMILES string of the molecule is COc1ccc([C@@H]2C[C@@H](C(F)(F)F)n3nc(C(=O)Nc4cc(Cl)ccc4C)cc3N2)cc1OC. The van der Waals surface area contributed by atoms with Crippen molar-refractivity contribution in [2.75, 3.05) is 24.9 Å². The van der Waals surface area contributed by atoms with Gasteiger partial charge in [0, 0.05) is 23.2 Å². The number of anilines is 2. The van der Waals surface area contributed by atoms with Gasteiger partial charge in [-0.1, -0.05) is 23.7 Å². The number of nitrogens with zero attached hydrogens (tertiary/aromatic N) is 2. The van der Waals surface area contributed by atoms with Gasteiger partial charge in [-0.15, -0.1) is 0 Å². The van der Waals surface area contributed by atoms with Crippen LogP contribution in [0, 0.1) is 6.92 Å². The van der Waals surface area contributed by atoms with E-state index < -0.39 is 24.2 Å². The van der Waals surface area contributed by atoms with Crippen molar-refractivity contribution in [2.45, 2.75) is 31.6 Å². The number of aryl methyl sites for hydroxylation is 1. The highest BCUT2D eigenvalue weighted by Crippen LogP contribution is 2.44. The van der Waals surface area contributed by atoms with Crippen molar-refractivity contribution in [3.05, 3.63) is 64.3 Å². The molecule has 1 aliphatic rings.